The van der Waals surface area contributed by atoms with E-state index in [-0.39, 0.29) is 18.6 Å². The van der Waals surface area contributed by atoms with E-state index in [1.165, 1.54) is 36.1 Å². The molecular formula is C16H23NO2S. The van der Waals surface area contributed by atoms with E-state index < -0.39 is 0 Å². The fourth-order valence-corrected chi connectivity index (χ4v) is 4.59. The van der Waals surface area contributed by atoms with Crippen molar-refractivity contribution in [1.29, 1.82) is 0 Å². The van der Waals surface area contributed by atoms with Crippen LogP contribution in [0.15, 0.2) is 6.07 Å². The van der Waals surface area contributed by atoms with Gasteiger partial charge in [0.2, 0.25) is 0 Å². The number of carbonyl (C=O) groups excluding carboxylic acids is 1. The molecule has 3 rings (SSSR count). The number of amides is 1. The molecule has 0 spiro atoms. The third kappa shape index (κ3) is 2.77. The summed E-state index contributed by atoms with van der Waals surface area (Å²) in [5.41, 5.74) is 1.40. The zero-order chi connectivity index (χ0) is 13.9. The summed E-state index contributed by atoms with van der Waals surface area (Å²) in [7, 11) is 0. The lowest BCUT2D eigenvalue weighted by Gasteiger charge is -2.22. The van der Waals surface area contributed by atoms with Crippen LogP contribution < -0.4 is 0 Å². The van der Waals surface area contributed by atoms with Gasteiger partial charge in [-0.3, -0.25) is 4.79 Å². The monoisotopic (exact) mass is 293 g/mol. The molecule has 0 bridgehead atoms. The molecule has 20 heavy (non-hydrogen) atoms. The van der Waals surface area contributed by atoms with Crippen LogP contribution in [0, 0.1) is 0 Å². The smallest absolute Gasteiger partial charge is 0.264 e. The molecule has 0 aromatic carbocycles. The SMILES string of the molecule is O=C(c1cc2c(s1)CCCCCC2)N1CCC[C@H]1CO. The number of rotatable bonds is 2. The zero-order valence-electron chi connectivity index (χ0n) is 11.9. The third-order valence-corrected chi connectivity index (χ3v) is 5.78. The maximum atomic E-state index is 12.6. The van der Waals surface area contributed by atoms with E-state index in [0.717, 1.165) is 37.1 Å². The minimum atomic E-state index is 0.0344. The molecule has 110 valence electrons. The molecule has 1 aromatic heterocycles. The predicted molar refractivity (Wildman–Crippen MR) is 81.3 cm³/mol. The fourth-order valence-electron chi connectivity index (χ4n) is 3.38. The summed E-state index contributed by atoms with van der Waals surface area (Å²) in [4.78, 5) is 16.8. The van der Waals surface area contributed by atoms with Crippen molar-refractivity contribution in [2.45, 2.75) is 57.4 Å². The van der Waals surface area contributed by atoms with Crippen LogP contribution in [-0.4, -0.2) is 35.1 Å². The van der Waals surface area contributed by atoms with Crippen molar-refractivity contribution in [3.63, 3.8) is 0 Å². The van der Waals surface area contributed by atoms with Gasteiger partial charge in [0.1, 0.15) is 0 Å². The third-order valence-electron chi connectivity index (χ3n) is 4.56. The fraction of sp³-hybridized carbons (Fsp3) is 0.688. The van der Waals surface area contributed by atoms with E-state index in [9.17, 15) is 9.90 Å². The van der Waals surface area contributed by atoms with E-state index in [4.69, 9.17) is 0 Å². The normalized spacial score (nSPS) is 23.2. The van der Waals surface area contributed by atoms with Gasteiger partial charge in [-0.15, -0.1) is 11.3 Å². The molecule has 0 saturated carbocycles. The number of hydrogen-bond acceptors (Lipinski definition) is 3. The van der Waals surface area contributed by atoms with Crippen molar-refractivity contribution in [1.82, 2.24) is 4.90 Å². The number of thiophene rings is 1. The molecule has 3 nitrogen and oxygen atoms in total. The van der Waals surface area contributed by atoms with Gasteiger partial charge < -0.3 is 10.0 Å². The van der Waals surface area contributed by atoms with Crippen LogP contribution in [-0.2, 0) is 12.8 Å². The van der Waals surface area contributed by atoms with Crippen molar-refractivity contribution >= 4 is 17.2 Å². The first-order valence-electron chi connectivity index (χ1n) is 7.83. The Morgan fingerprint density at radius 2 is 2.05 bits per heavy atom. The molecule has 1 aromatic rings. The number of likely N-dealkylation sites (tertiary alicyclic amines) is 1. The summed E-state index contributed by atoms with van der Waals surface area (Å²) < 4.78 is 0. The summed E-state index contributed by atoms with van der Waals surface area (Å²) in [6.45, 7) is 0.892. The van der Waals surface area contributed by atoms with E-state index in [1.807, 2.05) is 4.90 Å². The van der Waals surface area contributed by atoms with E-state index >= 15 is 0 Å². The van der Waals surface area contributed by atoms with Gasteiger partial charge in [-0.2, -0.15) is 0 Å². The van der Waals surface area contributed by atoms with Crippen LogP contribution in [0.2, 0.25) is 0 Å². The van der Waals surface area contributed by atoms with Gasteiger partial charge in [0.05, 0.1) is 17.5 Å². The van der Waals surface area contributed by atoms with E-state index in [2.05, 4.69) is 6.07 Å². The Labute approximate surface area is 124 Å². The Morgan fingerprint density at radius 1 is 1.25 bits per heavy atom. The molecule has 0 radical (unpaired) electrons. The Kier molecular flexibility index (Phi) is 4.41. The van der Waals surface area contributed by atoms with Gasteiger partial charge >= 0.3 is 0 Å². The number of hydrogen-bond donors (Lipinski definition) is 1. The van der Waals surface area contributed by atoms with E-state index in [0.29, 0.717) is 0 Å². The molecule has 0 unspecified atom stereocenters. The Balaban J connectivity index is 1.79. The molecule has 4 heteroatoms. The lowest BCUT2D eigenvalue weighted by Crippen LogP contribution is -2.37. The Bertz CT molecular complexity index is 457. The Hall–Kier alpha value is -0.870. The lowest BCUT2D eigenvalue weighted by molar-refractivity contribution is 0.0682. The number of aliphatic hydroxyl groups is 1. The van der Waals surface area contributed by atoms with Gasteiger partial charge in [-0.05, 0) is 50.2 Å². The molecule has 1 aliphatic heterocycles. The summed E-state index contributed by atoms with van der Waals surface area (Å²) >= 11 is 1.69. The molecule has 1 aliphatic carbocycles. The molecule has 1 saturated heterocycles. The van der Waals surface area contributed by atoms with Crippen LogP contribution in [0.25, 0.3) is 0 Å². The second-order valence-corrected chi connectivity index (χ2v) is 7.09. The van der Waals surface area contributed by atoms with Crippen LogP contribution in [0.1, 0.15) is 58.6 Å². The number of fused-ring (bicyclic) bond motifs is 1. The predicted octanol–water partition coefficient (Wildman–Crippen LogP) is 3.00. The quantitative estimate of drug-likeness (QED) is 0.910. The number of aliphatic hydroxyl groups excluding tert-OH is 1. The van der Waals surface area contributed by atoms with Gasteiger partial charge in [0, 0.05) is 11.4 Å². The van der Waals surface area contributed by atoms with Crippen molar-refractivity contribution in [3.8, 4) is 0 Å². The minimum Gasteiger partial charge on any atom is -0.394 e. The average molecular weight is 293 g/mol. The molecule has 2 heterocycles. The highest BCUT2D eigenvalue weighted by Gasteiger charge is 2.30. The van der Waals surface area contributed by atoms with Crippen LogP contribution in [0.5, 0.6) is 0 Å². The Morgan fingerprint density at radius 3 is 2.85 bits per heavy atom. The van der Waals surface area contributed by atoms with Crippen LogP contribution in [0.3, 0.4) is 0 Å². The zero-order valence-corrected chi connectivity index (χ0v) is 12.8. The molecule has 1 N–H and O–H groups in total. The minimum absolute atomic E-state index is 0.0344. The average Bonchev–Trinajstić information content (AvgIpc) is 3.04. The molecule has 1 amide bonds. The molecule has 1 atom stereocenters. The molecule has 2 aliphatic rings. The van der Waals surface area contributed by atoms with E-state index in [1.54, 1.807) is 11.3 Å². The summed E-state index contributed by atoms with van der Waals surface area (Å²) in [6.07, 6.45) is 9.36. The van der Waals surface area contributed by atoms with Crippen LogP contribution in [0.4, 0.5) is 0 Å². The maximum Gasteiger partial charge on any atom is 0.264 e. The van der Waals surface area contributed by atoms with Gasteiger partial charge in [-0.1, -0.05) is 12.8 Å². The number of aryl methyl sites for hydroxylation is 2. The summed E-state index contributed by atoms with van der Waals surface area (Å²) in [6, 6.07) is 2.16. The van der Waals surface area contributed by atoms with Gasteiger partial charge in [0.25, 0.3) is 5.91 Å². The standard InChI is InChI=1S/C16H23NO2S/c18-11-13-7-5-9-17(13)16(19)15-10-12-6-3-1-2-4-8-14(12)20-15/h10,13,18H,1-9,11H2/t13-/m0/s1. The van der Waals surface area contributed by atoms with Gasteiger partial charge in [0.15, 0.2) is 0 Å². The number of carbonyl (C=O) groups is 1. The number of nitrogens with zero attached hydrogens (tertiary/aromatic N) is 1. The first-order valence-corrected chi connectivity index (χ1v) is 8.64. The molecule has 1 fully saturated rings. The molecular weight excluding hydrogens is 270 g/mol. The van der Waals surface area contributed by atoms with Crippen molar-refractivity contribution in [2.24, 2.45) is 0 Å². The topological polar surface area (TPSA) is 40.5 Å². The van der Waals surface area contributed by atoms with Crippen LogP contribution >= 0.6 is 11.3 Å². The second kappa shape index (κ2) is 6.27. The van der Waals surface area contributed by atoms with Gasteiger partial charge in [-0.25, -0.2) is 0 Å². The van der Waals surface area contributed by atoms with Crippen molar-refractivity contribution < 1.29 is 9.90 Å². The highest BCUT2D eigenvalue weighted by Crippen LogP contribution is 2.30. The highest BCUT2D eigenvalue weighted by atomic mass is 32.1. The first-order chi connectivity index (χ1) is 9.79. The van der Waals surface area contributed by atoms with Crippen molar-refractivity contribution in [3.05, 3.63) is 21.4 Å². The lowest BCUT2D eigenvalue weighted by atomic mass is 10.00. The second-order valence-electron chi connectivity index (χ2n) is 5.95. The summed E-state index contributed by atoms with van der Waals surface area (Å²) in [5.74, 6) is 0.137. The largest absolute Gasteiger partial charge is 0.394 e. The summed E-state index contributed by atoms with van der Waals surface area (Å²) in [5, 5.41) is 9.38. The highest BCUT2D eigenvalue weighted by molar-refractivity contribution is 7.14. The van der Waals surface area contributed by atoms with Crippen molar-refractivity contribution in [2.75, 3.05) is 13.2 Å². The first kappa shape index (κ1) is 14.1. The maximum absolute atomic E-state index is 12.6.